The van der Waals surface area contributed by atoms with E-state index in [0.717, 1.165) is 19.5 Å². The number of morpholine rings is 1. The summed E-state index contributed by atoms with van der Waals surface area (Å²) in [5, 5.41) is 11.9. The second kappa shape index (κ2) is 6.90. The summed E-state index contributed by atoms with van der Waals surface area (Å²) in [7, 11) is 2.03. The summed E-state index contributed by atoms with van der Waals surface area (Å²) < 4.78 is 5.58. The summed E-state index contributed by atoms with van der Waals surface area (Å²) in [6.07, 6.45) is 1.40. The number of nitrogens with zero attached hydrogens (tertiary/aromatic N) is 2. The molecule has 20 heavy (non-hydrogen) atoms. The number of carbonyl (C=O) groups is 2. The second-order valence-electron chi connectivity index (χ2n) is 5.56. The van der Waals surface area contributed by atoms with E-state index in [1.807, 2.05) is 7.05 Å². The number of urea groups is 1. The van der Waals surface area contributed by atoms with Gasteiger partial charge in [-0.25, -0.2) is 4.79 Å². The highest BCUT2D eigenvalue weighted by atomic mass is 16.5. The topological polar surface area (TPSA) is 82.1 Å². The number of carboxylic acid groups (broad SMARTS) is 1. The molecule has 2 aliphatic heterocycles. The molecular formula is C13H23N3O4. The first-order chi connectivity index (χ1) is 9.56. The Morgan fingerprint density at radius 1 is 1.35 bits per heavy atom. The first-order valence-corrected chi connectivity index (χ1v) is 7.12. The van der Waals surface area contributed by atoms with Crippen LogP contribution in [0.5, 0.6) is 0 Å². The van der Waals surface area contributed by atoms with Crippen molar-refractivity contribution in [2.75, 3.05) is 46.4 Å². The minimum Gasteiger partial charge on any atom is -0.481 e. The Balaban J connectivity index is 1.75. The van der Waals surface area contributed by atoms with Gasteiger partial charge in [0.1, 0.15) is 0 Å². The lowest BCUT2D eigenvalue weighted by Crippen LogP contribution is -2.51. The molecular weight excluding hydrogens is 262 g/mol. The van der Waals surface area contributed by atoms with Crippen molar-refractivity contribution in [3.63, 3.8) is 0 Å². The van der Waals surface area contributed by atoms with Crippen molar-refractivity contribution in [2.45, 2.75) is 18.9 Å². The van der Waals surface area contributed by atoms with Gasteiger partial charge in [-0.15, -0.1) is 0 Å². The highest BCUT2D eigenvalue weighted by Crippen LogP contribution is 2.16. The van der Waals surface area contributed by atoms with Crippen LogP contribution < -0.4 is 5.32 Å². The number of hydrogen-bond acceptors (Lipinski definition) is 4. The van der Waals surface area contributed by atoms with Crippen LogP contribution in [0, 0.1) is 5.92 Å². The van der Waals surface area contributed by atoms with Crippen molar-refractivity contribution in [1.29, 1.82) is 0 Å². The van der Waals surface area contributed by atoms with E-state index in [4.69, 9.17) is 9.84 Å². The first kappa shape index (κ1) is 15.1. The molecule has 0 aromatic rings. The molecule has 0 spiro atoms. The molecule has 0 radical (unpaired) electrons. The van der Waals surface area contributed by atoms with Gasteiger partial charge in [-0.1, -0.05) is 0 Å². The van der Waals surface area contributed by atoms with Crippen LogP contribution in [-0.2, 0) is 9.53 Å². The van der Waals surface area contributed by atoms with Gasteiger partial charge in [0.15, 0.2) is 0 Å². The Bertz CT molecular complexity index is 364. The zero-order chi connectivity index (χ0) is 14.5. The number of aliphatic carboxylic acids is 1. The number of carbonyl (C=O) groups excluding carboxylic acids is 1. The number of hydrogen-bond donors (Lipinski definition) is 2. The van der Waals surface area contributed by atoms with E-state index in [1.165, 1.54) is 0 Å². The summed E-state index contributed by atoms with van der Waals surface area (Å²) in [6.45, 7) is 3.79. The Labute approximate surface area is 118 Å². The Morgan fingerprint density at radius 2 is 2.15 bits per heavy atom. The van der Waals surface area contributed by atoms with Crippen LogP contribution in [0.4, 0.5) is 4.79 Å². The Hall–Kier alpha value is -1.34. The third kappa shape index (κ3) is 4.08. The molecule has 2 rings (SSSR count). The molecule has 2 aliphatic rings. The van der Waals surface area contributed by atoms with E-state index in [1.54, 1.807) is 4.90 Å². The number of ether oxygens (including phenoxy) is 1. The molecule has 7 heteroatoms. The van der Waals surface area contributed by atoms with Crippen molar-refractivity contribution in [1.82, 2.24) is 15.1 Å². The third-order valence-electron chi connectivity index (χ3n) is 3.88. The first-order valence-electron chi connectivity index (χ1n) is 7.12. The molecule has 2 fully saturated rings. The van der Waals surface area contributed by atoms with Gasteiger partial charge in [-0.2, -0.15) is 0 Å². The predicted octanol–water partition coefficient (Wildman–Crippen LogP) is -0.177. The van der Waals surface area contributed by atoms with E-state index < -0.39 is 11.9 Å². The minimum absolute atomic E-state index is 0.0118. The van der Waals surface area contributed by atoms with Crippen LogP contribution in [0.1, 0.15) is 12.8 Å². The largest absolute Gasteiger partial charge is 0.481 e. The van der Waals surface area contributed by atoms with Crippen molar-refractivity contribution in [3.8, 4) is 0 Å². The third-order valence-corrected chi connectivity index (χ3v) is 3.88. The second-order valence-corrected chi connectivity index (χ2v) is 5.56. The summed E-state index contributed by atoms with van der Waals surface area (Å²) in [6, 6.07) is -0.187. The van der Waals surface area contributed by atoms with Crippen LogP contribution in [0.2, 0.25) is 0 Å². The highest BCUT2D eigenvalue weighted by Gasteiger charge is 2.28. The molecule has 114 valence electrons. The maximum Gasteiger partial charge on any atom is 0.317 e. The van der Waals surface area contributed by atoms with E-state index >= 15 is 0 Å². The number of piperidine rings is 1. The van der Waals surface area contributed by atoms with E-state index in [-0.39, 0.29) is 12.1 Å². The average Bonchev–Trinajstić information content (AvgIpc) is 2.45. The fourth-order valence-electron chi connectivity index (χ4n) is 2.67. The Morgan fingerprint density at radius 3 is 2.85 bits per heavy atom. The monoisotopic (exact) mass is 285 g/mol. The molecule has 0 aliphatic carbocycles. The number of rotatable bonds is 3. The smallest absolute Gasteiger partial charge is 0.317 e. The fraction of sp³-hybridized carbons (Fsp3) is 0.846. The number of nitrogens with one attached hydrogen (secondary N) is 1. The van der Waals surface area contributed by atoms with Crippen molar-refractivity contribution >= 4 is 12.0 Å². The molecule has 0 bridgehead atoms. The molecule has 2 heterocycles. The van der Waals surface area contributed by atoms with E-state index in [2.05, 4.69) is 10.2 Å². The number of amides is 2. The molecule has 2 atom stereocenters. The standard InChI is InChI=1S/C13H23N3O4/c1-15-5-6-20-11(9-15)7-14-13(19)16-4-2-3-10(8-16)12(17)18/h10-11H,2-9H2,1H3,(H,14,19)(H,17,18)/t10-,11?/m0/s1. The molecule has 0 aromatic carbocycles. The maximum atomic E-state index is 12.0. The quantitative estimate of drug-likeness (QED) is 0.752. The van der Waals surface area contributed by atoms with Gasteiger partial charge in [-0.3, -0.25) is 4.79 Å². The van der Waals surface area contributed by atoms with Gasteiger partial charge in [0, 0.05) is 32.7 Å². The van der Waals surface area contributed by atoms with Crippen molar-refractivity contribution in [2.24, 2.45) is 5.92 Å². The van der Waals surface area contributed by atoms with Gasteiger partial charge >= 0.3 is 12.0 Å². The molecule has 2 amide bonds. The molecule has 7 nitrogen and oxygen atoms in total. The number of likely N-dealkylation sites (tertiary alicyclic amines) is 1. The van der Waals surface area contributed by atoms with E-state index in [0.29, 0.717) is 32.7 Å². The van der Waals surface area contributed by atoms with Gasteiger partial charge < -0.3 is 25.0 Å². The van der Waals surface area contributed by atoms with Gasteiger partial charge in [0.25, 0.3) is 0 Å². The summed E-state index contributed by atoms with van der Waals surface area (Å²) in [5.74, 6) is -1.26. The highest BCUT2D eigenvalue weighted by molar-refractivity contribution is 5.76. The number of carboxylic acids is 1. The average molecular weight is 285 g/mol. The fourth-order valence-corrected chi connectivity index (χ4v) is 2.67. The minimum atomic E-state index is -0.820. The zero-order valence-corrected chi connectivity index (χ0v) is 11.9. The van der Waals surface area contributed by atoms with Crippen LogP contribution in [-0.4, -0.2) is 79.4 Å². The van der Waals surface area contributed by atoms with Crippen LogP contribution in [0.25, 0.3) is 0 Å². The lowest BCUT2D eigenvalue weighted by Gasteiger charge is -2.33. The SMILES string of the molecule is CN1CCOC(CNC(=O)N2CCC[C@H](C(=O)O)C2)C1. The zero-order valence-electron chi connectivity index (χ0n) is 11.9. The molecule has 0 saturated carbocycles. The van der Waals surface area contributed by atoms with Gasteiger partial charge in [0.2, 0.25) is 0 Å². The molecule has 2 N–H and O–H groups in total. The van der Waals surface area contributed by atoms with Crippen LogP contribution in [0.15, 0.2) is 0 Å². The predicted molar refractivity (Wildman–Crippen MR) is 72.6 cm³/mol. The van der Waals surface area contributed by atoms with Gasteiger partial charge in [0.05, 0.1) is 18.6 Å². The Kier molecular flexibility index (Phi) is 5.19. The molecule has 0 aromatic heterocycles. The van der Waals surface area contributed by atoms with Gasteiger partial charge in [-0.05, 0) is 19.9 Å². The van der Waals surface area contributed by atoms with Crippen LogP contribution in [0.3, 0.4) is 0 Å². The lowest BCUT2D eigenvalue weighted by atomic mass is 9.99. The normalized spacial score (nSPS) is 28.1. The molecule has 2 saturated heterocycles. The lowest BCUT2D eigenvalue weighted by molar-refractivity contribution is -0.143. The summed E-state index contributed by atoms with van der Waals surface area (Å²) in [5.41, 5.74) is 0. The summed E-state index contributed by atoms with van der Waals surface area (Å²) in [4.78, 5) is 26.8. The maximum absolute atomic E-state index is 12.0. The van der Waals surface area contributed by atoms with Crippen molar-refractivity contribution in [3.05, 3.63) is 0 Å². The number of likely N-dealkylation sites (N-methyl/N-ethyl adjacent to an activating group) is 1. The molecule has 1 unspecified atom stereocenters. The summed E-state index contributed by atoms with van der Waals surface area (Å²) >= 11 is 0. The van der Waals surface area contributed by atoms with Crippen LogP contribution >= 0.6 is 0 Å². The van der Waals surface area contributed by atoms with E-state index in [9.17, 15) is 9.59 Å². The van der Waals surface area contributed by atoms with Crippen molar-refractivity contribution < 1.29 is 19.4 Å².